The molecule has 0 atom stereocenters. The summed E-state index contributed by atoms with van der Waals surface area (Å²) >= 11 is 0. The highest BCUT2D eigenvalue weighted by molar-refractivity contribution is 5.37. The molecule has 4 N–H and O–H groups in total. The number of anilines is 1. The largest absolute Gasteiger partial charge is 0.383 e. The van der Waals surface area contributed by atoms with E-state index in [1.807, 2.05) is 13.8 Å². The number of nitrogen functional groups attached to an aromatic ring is 1. The quantitative estimate of drug-likeness (QED) is 0.657. The summed E-state index contributed by atoms with van der Waals surface area (Å²) in [5, 5.41) is 3.08. The molecule has 5 heteroatoms. The average Bonchev–Trinajstić information content (AvgIpc) is 2.20. The van der Waals surface area contributed by atoms with E-state index in [0.717, 1.165) is 13.0 Å². The molecule has 0 bridgehead atoms. The molecular formula is C10H18N4O. The summed E-state index contributed by atoms with van der Waals surface area (Å²) in [6, 6.07) is 0. The van der Waals surface area contributed by atoms with Gasteiger partial charge in [-0.25, -0.2) is 4.98 Å². The van der Waals surface area contributed by atoms with Crippen LogP contribution in [0.5, 0.6) is 0 Å². The standard InChI is InChI=1S/C10H18N4O/c1-3-5-7-9(11)13-8(6-12-4-2)14-10(7)15/h12H,3-6H2,1-2H3,(H3,11,13,14,15). The normalized spacial score (nSPS) is 10.5. The van der Waals surface area contributed by atoms with Gasteiger partial charge >= 0.3 is 0 Å². The third-order valence-corrected chi connectivity index (χ3v) is 2.14. The highest BCUT2D eigenvalue weighted by Crippen LogP contribution is 2.05. The van der Waals surface area contributed by atoms with E-state index in [9.17, 15) is 4.79 Å². The van der Waals surface area contributed by atoms with E-state index < -0.39 is 0 Å². The minimum absolute atomic E-state index is 0.114. The van der Waals surface area contributed by atoms with Gasteiger partial charge in [0.2, 0.25) is 0 Å². The summed E-state index contributed by atoms with van der Waals surface area (Å²) in [6.07, 6.45) is 1.57. The average molecular weight is 210 g/mol. The van der Waals surface area contributed by atoms with Crippen LogP contribution in [0.1, 0.15) is 31.7 Å². The van der Waals surface area contributed by atoms with Gasteiger partial charge in [-0.2, -0.15) is 0 Å². The molecule has 0 aliphatic carbocycles. The molecule has 0 unspecified atom stereocenters. The Hall–Kier alpha value is -1.36. The first-order chi connectivity index (χ1) is 7.19. The number of hydrogen-bond donors (Lipinski definition) is 3. The number of H-pyrrole nitrogens is 1. The Balaban J connectivity index is 2.92. The van der Waals surface area contributed by atoms with Crippen LogP contribution >= 0.6 is 0 Å². The number of nitrogens with zero attached hydrogens (tertiary/aromatic N) is 1. The minimum Gasteiger partial charge on any atom is -0.383 e. The predicted octanol–water partition coefficient (Wildman–Crippen LogP) is 0.414. The van der Waals surface area contributed by atoms with Crippen molar-refractivity contribution in [3.63, 3.8) is 0 Å². The fraction of sp³-hybridized carbons (Fsp3) is 0.600. The lowest BCUT2D eigenvalue weighted by molar-refractivity contribution is 0.685. The van der Waals surface area contributed by atoms with Gasteiger partial charge in [-0.15, -0.1) is 0 Å². The lowest BCUT2D eigenvalue weighted by Crippen LogP contribution is -2.23. The molecule has 0 fully saturated rings. The first-order valence-corrected chi connectivity index (χ1v) is 5.27. The molecular weight excluding hydrogens is 192 g/mol. The van der Waals surface area contributed by atoms with Gasteiger partial charge in [0.25, 0.3) is 5.56 Å². The molecule has 1 aromatic rings. The molecule has 5 nitrogen and oxygen atoms in total. The Morgan fingerprint density at radius 1 is 1.47 bits per heavy atom. The van der Waals surface area contributed by atoms with Crippen molar-refractivity contribution in [2.24, 2.45) is 0 Å². The van der Waals surface area contributed by atoms with E-state index in [4.69, 9.17) is 5.73 Å². The molecule has 15 heavy (non-hydrogen) atoms. The van der Waals surface area contributed by atoms with Crippen LogP contribution in [0.3, 0.4) is 0 Å². The Kier molecular flexibility index (Phi) is 4.30. The van der Waals surface area contributed by atoms with E-state index in [1.54, 1.807) is 0 Å². The van der Waals surface area contributed by atoms with Crippen LogP contribution in [0, 0.1) is 0 Å². The highest BCUT2D eigenvalue weighted by atomic mass is 16.1. The van der Waals surface area contributed by atoms with E-state index in [-0.39, 0.29) is 5.56 Å². The van der Waals surface area contributed by atoms with Crippen molar-refractivity contribution in [3.05, 3.63) is 21.7 Å². The van der Waals surface area contributed by atoms with Crippen molar-refractivity contribution in [1.82, 2.24) is 15.3 Å². The van der Waals surface area contributed by atoms with Gasteiger partial charge in [-0.1, -0.05) is 20.3 Å². The zero-order valence-electron chi connectivity index (χ0n) is 9.26. The van der Waals surface area contributed by atoms with Crippen LogP contribution in [-0.2, 0) is 13.0 Å². The van der Waals surface area contributed by atoms with Gasteiger partial charge in [0.05, 0.1) is 12.1 Å². The Bertz CT molecular complexity index is 372. The fourth-order valence-corrected chi connectivity index (χ4v) is 1.38. The molecule has 1 heterocycles. The summed E-state index contributed by atoms with van der Waals surface area (Å²) in [5.41, 5.74) is 6.20. The number of nitrogens with one attached hydrogen (secondary N) is 2. The Morgan fingerprint density at radius 2 is 2.20 bits per heavy atom. The van der Waals surface area contributed by atoms with Crippen LogP contribution < -0.4 is 16.6 Å². The van der Waals surface area contributed by atoms with E-state index in [1.165, 1.54) is 0 Å². The lowest BCUT2D eigenvalue weighted by atomic mass is 10.2. The molecule has 1 rings (SSSR count). The predicted molar refractivity (Wildman–Crippen MR) is 60.6 cm³/mol. The van der Waals surface area contributed by atoms with Gasteiger partial charge in [0, 0.05) is 0 Å². The molecule has 0 spiro atoms. The van der Waals surface area contributed by atoms with Crippen molar-refractivity contribution in [2.75, 3.05) is 12.3 Å². The summed E-state index contributed by atoms with van der Waals surface area (Å²) < 4.78 is 0. The minimum atomic E-state index is -0.114. The molecule has 0 radical (unpaired) electrons. The zero-order chi connectivity index (χ0) is 11.3. The van der Waals surface area contributed by atoms with Gasteiger partial charge < -0.3 is 16.0 Å². The molecule has 0 saturated heterocycles. The maximum absolute atomic E-state index is 11.6. The van der Waals surface area contributed by atoms with Crippen LogP contribution in [0.4, 0.5) is 5.82 Å². The second-order valence-corrected chi connectivity index (χ2v) is 3.41. The Labute approximate surface area is 89.1 Å². The summed E-state index contributed by atoms with van der Waals surface area (Å²) in [5.74, 6) is 0.952. The molecule has 0 aromatic carbocycles. The van der Waals surface area contributed by atoms with Crippen LogP contribution in [0.25, 0.3) is 0 Å². The molecule has 0 aliphatic rings. The number of aromatic nitrogens is 2. The summed E-state index contributed by atoms with van der Waals surface area (Å²) in [6.45, 7) is 5.38. The third-order valence-electron chi connectivity index (χ3n) is 2.14. The monoisotopic (exact) mass is 210 g/mol. The van der Waals surface area contributed by atoms with Crippen molar-refractivity contribution < 1.29 is 0 Å². The second-order valence-electron chi connectivity index (χ2n) is 3.41. The highest BCUT2D eigenvalue weighted by Gasteiger charge is 2.07. The SMILES string of the molecule is CCCc1c(N)nc(CNCC)[nH]c1=O. The van der Waals surface area contributed by atoms with Crippen molar-refractivity contribution in [3.8, 4) is 0 Å². The van der Waals surface area contributed by atoms with Crippen molar-refractivity contribution in [1.29, 1.82) is 0 Å². The molecule has 0 amide bonds. The number of rotatable bonds is 5. The van der Waals surface area contributed by atoms with Gasteiger partial charge in [0.15, 0.2) is 0 Å². The van der Waals surface area contributed by atoms with E-state index in [0.29, 0.717) is 30.2 Å². The smallest absolute Gasteiger partial charge is 0.256 e. The van der Waals surface area contributed by atoms with Gasteiger partial charge in [0.1, 0.15) is 11.6 Å². The second kappa shape index (κ2) is 5.50. The summed E-state index contributed by atoms with van der Waals surface area (Å²) in [7, 11) is 0. The molecule has 0 aliphatic heterocycles. The fourth-order valence-electron chi connectivity index (χ4n) is 1.38. The maximum Gasteiger partial charge on any atom is 0.256 e. The number of nitrogens with two attached hydrogens (primary N) is 1. The zero-order valence-corrected chi connectivity index (χ0v) is 9.26. The van der Waals surface area contributed by atoms with Crippen molar-refractivity contribution >= 4 is 5.82 Å². The lowest BCUT2D eigenvalue weighted by Gasteiger charge is -2.06. The molecule has 0 saturated carbocycles. The maximum atomic E-state index is 11.6. The first kappa shape index (κ1) is 11.7. The van der Waals surface area contributed by atoms with Crippen LogP contribution in [-0.4, -0.2) is 16.5 Å². The van der Waals surface area contributed by atoms with E-state index >= 15 is 0 Å². The summed E-state index contributed by atoms with van der Waals surface area (Å²) in [4.78, 5) is 18.5. The topological polar surface area (TPSA) is 83.8 Å². The van der Waals surface area contributed by atoms with Crippen molar-refractivity contribution in [2.45, 2.75) is 33.2 Å². The first-order valence-electron chi connectivity index (χ1n) is 5.27. The number of hydrogen-bond acceptors (Lipinski definition) is 4. The van der Waals surface area contributed by atoms with Gasteiger partial charge in [-0.05, 0) is 13.0 Å². The van der Waals surface area contributed by atoms with Crippen LogP contribution in [0.2, 0.25) is 0 Å². The van der Waals surface area contributed by atoms with E-state index in [2.05, 4.69) is 15.3 Å². The Morgan fingerprint density at radius 3 is 2.73 bits per heavy atom. The molecule has 84 valence electrons. The van der Waals surface area contributed by atoms with Gasteiger partial charge in [-0.3, -0.25) is 4.79 Å². The van der Waals surface area contributed by atoms with Crippen LogP contribution in [0.15, 0.2) is 4.79 Å². The number of aromatic amines is 1. The third kappa shape index (κ3) is 3.06. The molecule has 1 aromatic heterocycles.